The molecule has 0 saturated carbocycles. The number of nitrogens with zero attached hydrogens (tertiary/aromatic N) is 1. The molecule has 27 heavy (non-hydrogen) atoms. The van der Waals surface area contributed by atoms with E-state index >= 15 is 0 Å². The molecule has 140 valence electrons. The first-order valence-electron chi connectivity index (χ1n) is 9.06. The zero-order valence-electron chi connectivity index (χ0n) is 15.9. The van der Waals surface area contributed by atoms with Crippen molar-refractivity contribution in [1.82, 2.24) is 4.98 Å². The van der Waals surface area contributed by atoms with Gasteiger partial charge in [0.15, 0.2) is 11.7 Å². The van der Waals surface area contributed by atoms with E-state index in [0.717, 1.165) is 23.3 Å². The van der Waals surface area contributed by atoms with Crippen LogP contribution in [0.3, 0.4) is 0 Å². The number of ether oxygens (including phenoxy) is 1. The normalized spacial score (nSPS) is 10.6. The van der Waals surface area contributed by atoms with Crippen molar-refractivity contribution in [3.05, 3.63) is 75.8 Å². The molecule has 2 aromatic carbocycles. The summed E-state index contributed by atoms with van der Waals surface area (Å²) in [6, 6.07) is 14.4. The number of hydrogen-bond donors (Lipinski definition) is 1. The van der Waals surface area contributed by atoms with Crippen molar-refractivity contribution in [3.63, 3.8) is 0 Å². The maximum atomic E-state index is 12.1. The summed E-state index contributed by atoms with van der Waals surface area (Å²) in [4.78, 5) is 17.5. The first kappa shape index (κ1) is 19.1. The molecule has 0 radical (unpaired) electrons. The molecular formula is C22H24N2O2S. The standard InChI is InChI=1S/C22H24N2O2S/c1-4-17-6-8-18(9-7-17)12-20-13-23-22(27-20)24-21(25)14-26-19-10-5-15(2)16(3)11-19/h5-11,13H,4,12,14H2,1-3H3,(H,23,24,25). The molecule has 1 N–H and O–H groups in total. The number of benzene rings is 2. The molecule has 0 aliphatic rings. The van der Waals surface area contributed by atoms with Gasteiger partial charge >= 0.3 is 0 Å². The van der Waals surface area contributed by atoms with Crippen LogP contribution in [0.25, 0.3) is 0 Å². The first-order chi connectivity index (χ1) is 13.0. The average molecular weight is 381 g/mol. The van der Waals surface area contributed by atoms with Gasteiger partial charge in [-0.1, -0.05) is 37.3 Å². The second kappa shape index (κ2) is 8.82. The quantitative estimate of drug-likeness (QED) is 0.632. The number of hydrogen-bond acceptors (Lipinski definition) is 4. The van der Waals surface area contributed by atoms with Crippen LogP contribution in [-0.4, -0.2) is 17.5 Å². The van der Waals surface area contributed by atoms with Crippen molar-refractivity contribution in [2.75, 3.05) is 11.9 Å². The molecule has 3 rings (SSSR count). The summed E-state index contributed by atoms with van der Waals surface area (Å²) in [6.45, 7) is 6.19. The Hall–Kier alpha value is -2.66. The van der Waals surface area contributed by atoms with Crippen LogP contribution in [0.15, 0.2) is 48.7 Å². The van der Waals surface area contributed by atoms with E-state index in [0.29, 0.717) is 10.9 Å². The maximum Gasteiger partial charge on any atom is 0.264 e. The predicted octanol–water partition coefficient (Wildman–Crippen LogP) is 4.93. The SMILES string of the molecule is CCc1ccc(Cc2cnc(NC(=O)COc3ccc(C)c(C)c3)s2)cc1. The van der Waals surface area contributed by atoms with Gasteiger partial charge in [-0.25, -0.2) is 4.98 Å². The zero-order chi connectivity index (χ0) is 19.2. The Labute approximate surface area is 164 Å². The number of amides is 1. The largest absolute Gasteiger partial charge is 0.484 e. The topological polar surface area (TPSA) is 51.2 Å². The van der Waals surface area contributed by atoms with Gasteiger partial charge in [0, 0.05) is 17.5 Å². The third-order valence-corrected chi connectivity index (χ3v) is 5.37. The van der Waals surface area contributed by atoms with Crippen molar-refractivity contribution >= 4 is 22.4 Å². The van der Waals surface area contributed by atoms with Crippen LogP contribution in [0.1, 0.15) is 34.1 Å². The number of carbonyl (C=O) groups excluding carboxylic acids is 1. The van der Waals surface area contributed by atoms with E-state index < -0.39 is 0 Å². The van der Waals surface area contributed by atoms with Crippen LogP contribution in [0.2, 0.25) is 0 Å². The highest BCUT2D eigenvalue weighted by Crippen LogP contribution is 2.22. The average Bonchev–Trinajstić information content (AvgIpc) is 3.10. The molecule has 1 aromatic heterocycles. The Balaban J connectivity index is 1.51. The van der Waals surface area contributed by atoms with Crippen LogP contribution in [0, 0.1) is 13.8 Å². The van der Waals surface area contributed by atoms with Crippen molar-refractivity contribution in [2.45, 2.75) is 33.6 Å². The van der Waals surface area contributed by atoms with Crippen LogP contribution < -0.4 is 10.1 Å². The smallest absolute Gasteiger partial charge is 0.264 e. The van der Waals surface area contributed by atoms with Crippen LogP contribution in [-0.2, 0) is 17.6 Å². The van der Waals surface area contributed by atoms with Crippen LogP contribution in [0.4, 0.5) is 5.13 Å². The summed E-state index contributed by atoms with van der Waals surface area (Å²) in [5.41, 5.74) is 4.92. The van der Waals surface area contributed by atoms with Gasteiger partial charge in [-0.05, 0) is 54.7 Å². The Kier molecular flexibility index (Phi) is 6.24. The molecule has 4 nitrogen and oxygen atoms in total. The second-order valence-corrected chi connectivity index (χ2v) is 7.68. The van der Waals surface area contributed by atoms with E-state index in [1.54, 1.807) is 0 Å². The van der Waals surface area contributed by atoms with E-state index in [-0.39, 0.29) is 12.5 Å². The van der Waals surface area contributed by atoms with Gasteiger partial charge < -0.3 is 4.74 Å². The molecule has 0 atom stereocenters. The van der Waals surface area contributed by atoms with Gasteiger partial charge in [0.25, 0.3) is 5.91 Å². The third kappa shape index (κ3) is 5.41. The summed E-state index contributed by atoms with van der Waals surface area (Å²) in [7, 11) is 0. The van der Waals surface area contributed by atoms with E-state index in [2.05, 4.69) is 41.5 Å². The fraction of sp³-hybridized carbons (Fsp3) is 0.273. The number of thiazole rings is 1. The van der Waals surface area contributed by atoms with E-state index in [4.69, 9.17) is 4.74 Å². The fourth-order valence-corrected chi connectivity index (χ4v) is 3.51. The van der Waals surface area contributed by atoms with Gasteiger partial charge in [-0.2, -0.15) is 0 Å². The van der Waals surface area contributed by atoms with Gasteiger partial charge in [0.1, 0.15) is 5.75 Å². The monoisotopic (exact) mass is 380 g/mol. The lowest BCUT2D eigenvalue weighted by Crippen LogP contribution is -2.20. The number of aromatic nitrogens is 1. The van der Waals surface area contributed by atoms with Gasteiger partial charge in [-0.3, -0.25) is 10.1 Å². The minimum Gasteiger partial charge on any atom is -0.484 e. The summed E-state index contributed by atoms with van der Waals surface area (Å²) >= 11 is 1.49. The number of rotatable bonds is 7. The zero-order valence-corrected chi connectivity index (χ0v) is 16.7. The van der Waals surface area contributed by atoms with Crippen LogP contribution in [0.5, 0.6) is 5.75 Å². The molecule has 0 saturated heterocycles. The molecule has 3 aromatic rings. The molecule has 0 fully saturated rings. The minimum absolute atomic E-state index is 0.0319. The second-order valence-electron chi connectivity index (χ2n) is 6.56. The van der Waals surface area contributed by atoms with Gasteiger partial charge in [0.2, 0.25) is 0 Å². The highest BCUT2D eigenvalue weighted by Gasteiger charge is 2.09. The third-order valence-electron chi connectivity index (χ3n) is 4.46. The minimum atomic E-state index is -0.207. The molecule has 0 unspecified atom stereocenters. The Morgan fingerprint density at radius 2 is 1.81 bits per heavy atom. The Morgan fingerprint density at radius 3 is 2.52 bits per heavy atom. The van der Waals surface area contributed by atoms with Crippen molar-refractivity contribution in [1.29, 1.82) is 0 Å². The summed E-state index contributed by atoms with van der Waals surface area (Å²) in [6.07, 6.45) is 3.68. The number of anilines is 1. The number of carbonyl (C=O) groups is 1. The molecule has 0 aliphatic carbocycles. The number of aryl methyl sites for hydroxylation is 3. The first-order valence-corrected chi connectivity index (χ1v) is 9.87. The molecule has 1 amide bonds. The number of nitrogens with one attached hydrogen (secondary N) is 1. The van der Waals surface area contributed by atoms with Crippen molar-refractivity contribution < 1.29 is 9.53 Å². The predicted molar refractivity (Wildman–Crippen MR) is 111 cm³/mol. The highest BCUT2D eigenvalue weighted by molar-refractivity contribution is 7.15. The van der Waals surface area contributed by atoms with Crippen LogP contribution >= 0.6 is 11.3 Å². The van der Waals surface area contributed by atoms with Gasteiger partial charge in [-0.15, -0.1) is 11.3 Å². The summed E-state index contributed by atoms with van der Waals surface area (Å²) < 4.78 is 5.56. The van der Waals surface area contributed by atoms with Crippen molar-refractivity contribution in [2.24, 2.45) is 0 Å². The molecule has 5 heteroatoms. The van der Waals surface area contributed by atoms with E-state index in [1.807, 2.05) is 38.2 Å². The van der Waals surface area contributed by atoms with Crippen molar-refractivity contribution in [3.8, 4) is 5.75 Å². The van der Waals surface area contributed by atoms with E-state index in [1.165, 1.54) is 28.0 Å². The molecule has 0 spiro atoms. The molecular weight excluding hydrogens is 356 g/mol. The molecule has 0 bridgehead atoms. The summed E-state index contributed by atoms with van der Waals surface area (Å²) in [5, 5.41) is 3.41. The Bertz CT molecular complexity index is 916. The molecule has 1 heterocycles. The lowest BCUT2D eigenvalue weighted by atomic mass is 10.1. The lowest BCUT2D eigenvalue weighted by molar-refractivity contribution is -0.118. The lowest BCUT2D eigenvalue weighted by Gasteiger charge is -2.07. The highest BCUT2D eigenvalue weighted by atomic mass is 32.1. The summed E-state index contributed by atoms with van der Waals surface area (Å²) in [5.74, 6) is 0.491. The molecule has 0 aliphatic heterocycles. The fourth-order valence-electron chi connectivity index (χ4n) is 2.65. The van der Waals surface area contributed by atoms with E-state index in [9.17, 15) is 4.79 Å². The van der Waals surface area contributed by atoms with Gasteiger partial charge in [0.05, 0.1) is 0 Å². The maximum absolute atomic E-state index is 12.1. The Morgan fingerprint density at radius 1 is 1.07 bits per heavy atom.